The third-order valence-electron chi connectivity index (χ3n) is 2.92. The molecule has 0 amide bonds. The number of anilines is 3. The molecule has 0 spiro atoms. The quantitative estimate of drug-likeness (QED) is 0.892. The zero-order valence-electron chi connectivity index (χ0n) is 11.3. The average molecular weight is 252 g/mol. The number of aryl methyl sites for hydroxylation is 2. The Kier molecular flexibility index (Phi) is 3.39. The summed E-state index contributed by atoms with van der Waals surface area (Å²) in [6.45, 7) is 4.10. The van der Waals surface area contributed by atoms with E-state index in [9.17, 15) is 5.26 Å². The highest BCUT2D eigenvalue weighted by Gasteiger charge is 2.12. The highest BCUT2D eigenvalue weighted by molar-refractivity contribution is 5.67. The minimum atomic E-state index is 0.474. The van der Waals surface area contributed by atoms with Gasteiger partial charge in [0.05, 0.1) is 17.4 Å². The Morgan fingerprint density at radius 2 is 1.79 bits per heavy atom. The second kappa shape index (κ2) is 4.99. The first-order valence-electron chi connectivity index (χ1n) is 5.99. The van der Waals surface area contributed by atoms with Gasteiger partial charge in [0.2, 0.25) is 0 Å². The summed E-state index contributed by atoms with van der Waals surface area (Å²) in [6.07, 6.45) is 1.56. The zero-order valence-corrected chi connectivity index (χ0v) is 11.3. The molecule has 0 saturated heterocycles. The van der Waals surface area contributed by atoms with Crippen molar-refractivity contribution < 1.29 is 0 Å². The van der Waals surface area contributed by atoms with Gasteiger partial charge < -0.3 is 10.6 Å². The number of aromatic nitrogens is 1. The van der Waals surface area contributed by atoms with Gasteiger partial charge in [0.15, 0.2) is 5.82 Å². The number of nitrogens with two attached hydrogens (primary N) is 1. The normalized spacial score (nSPS) is 10.0. The van der Waals surface area contributed by atoms with Crippen LogP contribution in [0.4, 0.5) is 17.2 Å². The molecule has 2 aromatic rings. The molecule has 0 fully saturated rings. The van der Waals surface area contributed by atoms with Crippen LogP contribution < -0.4 is 10.6 Å². The topological polar surface area (TPSA) is 65.9 Å². The summed E-state index contributed by atoms with van der Waals surface area (Å²) in [5.41, 5.74) is 9.99. The van der Waals surface area contributed by atoms with Crippen LogP contribution in [0.1, 0.15) is 16.7 Å². The summed E-state index contributed by atoms with van der Waals surface area (Å²) in [5.74, 6) is 0.613. The molecule has 0 radical (unpaired) electrons. The Morgan fingerprint density at radius 1 is 1.16 bits per heavy atom. The van der Waals surface area contributed by atoms with E-state index in [0.717, 1.165) is 5.69 Å². The van der Waals surface area contributed by atoms with E-state index in [4.69, 9.17) is 5.73 Å². The SMILES string of the molecule is Cc1cc(C)cc(N(C)c2ncc(N)cc2C#N)c1. The van der Waals surface area contributed by atoms with E-state index < -0.39 is 0 Å². The number of nitriles is 1. The third kappa shape index (κ3) is 2.66. The van der Waals surface area contributed by atoms with Crippen LogP contribution in [-0.4, -0.2) is 12.0 Å². The molecule has 0 atom stereocenters. The first-order chi connectivity index (χ1) is 9.01. The molecule has 96 valence electrons. The molecule has 4 nitrogen and oxygen atoms in total. The second-order valence-corrected chi connectivity index (χ2v) is 4.66. The van der Waals surface area contributed by atoms with Gasteiger partial charge in [-0.15, -0.1) is 0 Å². The molecule has 2 N–H and O–H groups in total. The van der Waals surface area contributed by atoms with Crippen molar-refractivity contribution in [3.63, 3.8) is 0 Å². The molecule has 1 aromatic heterocycles. The van der Waals surface area contributed by atoms with E-state index in [-0.39, 0.29) is 0 Å². The Balaban J connectivity index is 2.50. The van der Waals surface area contributed by atoms with Crippen molar-refractivity contribution in [2.24, 2.45) is 0 Å². The van der Waals surface area contributed by atoms with Gasteiger partial charge >= 0.3 is 0 Å². The van der Waals surface area contributed by atoms with Crippen LogP contribution in [0.15, 0.2) is 30.5 Å². The fourth-order valence-corrected chi connectivity index (χ4v) is 2.09. The number of nitrogens with zero attached hydrogens (tertiary/aromatic N) is 3. The number of hydrogen-bond acceptors (Lipinski definition) is 4. The van der Waals surface area contributed by atoms with Gasteiger partial charge in [-0.2, -0.15) is 5.26 Å². The van der Waals surface area contributed by atoms with Crippen molar-refractivity contribution in [2.75, 3.05) is 17.7 Å². The smallest absolute Gasteiger partial charge is 0.150 e. The summed E-state index contributed by atoms with van der Waals surface area (Å²) in [6, 6.07) is 10.0. The summed E-state index contributed by atoms with van der Waals surface area (Å²) in [7, 11) is 1.90. The lowest BCUT2D eigenvalue weighted by molar-refractivity contribution is 1.11. The summed E-state index contributed by atoms with van der Waals surface area (Å²) in [5, 5.41) is 9.18. The predicted molar refractivity (Wildman–Crippen MR) is 77.3 cm³/mol. The van der Waals surface area contributed by atoms with Crippen molar-refractivity contribution in [1.29, 1.82) is 5.26 Å². The van der Waals surface area contributed by atoms with Gasteiger partial charge in [-0.25, -0.2) is 4.98 Å². The van der Waals surface area contributed by atoms with E-state index >= 15 is 0 Å². The summed E-state index contributed by atoms with van der Waals surface area (Å²) < 4.78 is 0. The van der Waals surface area contributed by atoms with Crippen LogP contribution in [0.25, 0.3) is 0 Å². The lowest BCUT2D eigenvalue weighted by Crippen LogP contribution is -2.13. The Bertz CT molecular complexity index is 635. The van der Waals surface area contributed by atoms with Crippen LogP contribution >= 0.6 is 0 Å². The van der Waals surface area contributed by atoms with Gasteiger partial charge in [-0.3, -0.25) is 0 Å². The molecule has 0 aliphatic heterocycles. The average Bonchev–Trinajstić information content (AvgIpc) is 2.36. The van der Waals surface area contributed by atoms with E-state index in [0.29, 0.717) is 17.1 Å². The molecule has 0 aliphatic rings. The van der Waals surface area contributed by atoms with Crippen LogP contribution in [0.2, 0.25) is 0 Å². The summed E-state index contributed by atoms with van der Waals surface area (Å²) in [4.78, 5) is 6.16. The number of nitrogen functional groups attached to an aromatic ring is 1. The molecule has 0 unspecified atom stereocenters. The largest absolute Gasteiger partial charge is 0.397 e. The van der Waals surface area contributed by atoms with Gasteiger partial charge in [-0.1, -0.05) is 6.07 Å². The maximum Gasteiger partial charge on any atom is 0.150 e. The van der Waals surface area contributed by atoms with E-state index in [1.165, 1.54) is 11.1 Å². The lowest BCUT2D eigenvalue weighted by atomic mass is 10.1. The first-order valence-corrected chi connectivity index (χ1v) is 5.99. The van der Waals surface area contributed by atoms with Gasteiger partial charge in [0.25, 0.3) is 0 Å². The Morgan fingerprint density at radius 3 is 2.37 bits per heavy atom. The predicted octanol–water partition coefficient (Wildman–Crippen LogP) is 2.92. The van der Waals surface area contributed by atoms with Crippen molar-refractivity contribution in [2.45, 2.75) is 13.8 Å². The van der Waals surface area contributed by atoms with Crippen LogP contribution in [0.5, 0.6) is 0 Å². The van der Waals surface area contributed by atoms with Crippen molar-refractivity contribution in [3.05, 3.63) is 47.2 Å². The Labute approximate surface area is 113 Å². The van der Waals surface area contributed by atoms with Crippen molar-refractivity contribution in [1.82, 2.24) is 4.98 Å². The number of pyridine rings is 1. The van der Waals surface area contributed by atoms with E-state index in [2.05, 4.69) is 29.3 Å². The molecule has 1 aromatic carbocycles. The molecule has 1 heterocycles. The van der Waals surface area contributed by atoms with Crippen LogP contribution in [0, 0.1) is 25.2 Å². The standard InChI is InChI=1S/C15H16N4/c1-10-4-11(2)6-14(5-10)19(3)15-12(8-16)7-13(17)9-18-15/h4-7,9H,17H2,1-3H3. The minimum absolute atomic E-state index is 0.474. The maximum absolute atomic E-state index is 9.18. The number of rotatable bonds is 2. The van der Waals surface area contributed by atoms with Crippen LogP contribution in [0.3, 0.4) is 0 Å². The van der Waals surface area contributed by atoms with Crippen LogP contribution in [-0.2, 0) is 0 Å². The number of benzene rings is 1. The number of hydrogen-bond donors (Lipinski definition) is 1. The highest BCUT2D eigenvalue weighted by atomic mass is 15.2. The molecular formula is C15H16N4. The summed E-state index contributed by atoms with van der Waals surface area (Å²) >= 11 is 0. The second-order valence-electron chi connectivity index (χ2n) is 4.66. The fraction of sp³-hybridized carbons (Fsp3) is 0.200. The first kappa shape index (κ1) is 12.9. The molecule has 0 aliphatic carbocycles. The molecule has 2 rings (SSSR count). The van der Waals surface area contributed by atoms with Gasteiger partial charge in [0.1, 0.15) is 6.07 Å². The lowest BCUT2D eigenvalue weighted by Gasteiger charge is -2.20. The molecule has 0 saturated carbocycles. The molecular weight excluding hydrogens is 236 g/mol. The maximum atomic E-state index is 9.18. The molecule has 19 heavy (non-hydrogen) atoms. The minimum Gasteiger partial charge on any atom is -0.397 e. The highest BCUT2D eigenvalue weighted by Crippen LogP contribution is 2.27. The van der Waals surface area contributed by atoms with E-state index in [1.54, 1.807) is 12.3 Å². The monoisotopic (exact) mass is 252 g/mol. The Hall–Kier alpha value is -2.54. The third-order valence-corrected chi connectivity index (χ3v) is 2.92. The fourth-order valence-electron chi connectivity index (χ4n) is 2.09. The van der Waals surface area contributed by atoms with Crippen molar-refractivity contribution in [3.8, 4) is 6.07 Å². The van der Waals surface area contributed by atoms with Gasteiger partial charge in [-0.05, 0) is 43.2 Å². The van der Waals surface area contributed by atoms with Gasteiger partial charge in [0, 0.05) is 12.7 Å². The molecule has 4 heteroatoms. The van der Waals surface area contributed by atoms with E-state index in [1.807, 2.05) is 25.8 Å². The van der Waals surface area contributed by atoms with Crippen molar-refractivity contribution >= 4 is 17.2 Å². The molecule has 0 bridgehead atoms. The zero-order chi connectivity index (χ0) is 14.0.